The van der Waals surface area contributed by atoms with Crippen LogP contribution in [0.15, 0.2) is 57.9 Å². The lowest BCUT2D eigenvalue weighted by molar-refractivity contribution is -0.136. The van der Waals surface area contributed by atoms with Crippen LogP contribution in [0.4, 0.5) is 0 Å². The highest BCUT2D eigenvalue weighted by Crippen LogP contribution is 2.35. The maximum Gasteiger partial charge on any atom is 0.289 e. The number of aromatic nitrogens is 2. The van der Waals surface area contributed by atoms with Gasteiger partial charge in [0.15, 0.2) is 17.3 Å². The first-order valence-electron chi connectivity index (χ1n) is 10.6. The minimum atomic E-state index is -0.793. The number of nitrogens with zero attached hydrogens (tertiary/aromatic N) is 4. The molecule has 0 bridgehead atoms. The fourth-order valence-electron chi connectivity index (χ4n) is 3.97. The summed E-state index contributed by atoms with van der Waals surface area (Å²) in [6.07, 6.45) is 1.46. The molecule has 2 aliphatic heterocycles. The van der Waals surface area contributed by atoms with Crippen LogP contribution in [-0.2, 0) is 4.79 Å². The van der Waals surface area contributed by atoms with Gasteiger partial charge in [0.1, 0.15) is 6.04 Å². The van der Waals surface area contributed by atoms with E-state index in [1.54, 1.807) is 47.1 Å². The Labute approximate surface area is 188 Å². The van der Waals surface area contributed by atoms with Crippen LogP contribution in [0.5, 0.6) is 11.5 Å². The lowest BCUT2D eigenvalue weighted by atomic mass is 10.1. The Hall–Kier alpha value is -4.08. The number of piperazine rings is 1. The van der Waals surface area contributed by atoms with Gasteiger partial charge in [-0.3, -0.25) is 14.4 Å². The molecule has 2 aromatic heterocycles. The first kappa shape index (κ1) is 20.8. The number of fused-ring (bicyclic) bond motifs is 1. The molecule has 2 amide bonds. The van der Waals surface area contributed by atoms with Gasteiger partial charge < -0.3 is 23.7 Å². The van der Waals surface area contributed by atoms with Crippen LogP contribution >= 0.6 is 0 Å². The molecule has 0 spiro atoms. The van der Waals surface area contributed by atoms with E-state index in [1.807, 2.05) is 6.07 Å². The van der Waals surface area contributed by atoms with Crippen molar-refractivity contribution in [3.8, 4) is 22.8 Å². The van der Waals surface area contributed by atoms with E-state index in [4.69, 9.17) is 13.9 Å². The quantitative estimate of drug-likeness (QED) is 0.596. The summed E-state index contributed by atoms with van der Waals surface area (Å²) in [5.41, 5.74) is 0.922. The molecular weight excluding hydrogens is 428 g/mol. The Morgan fingerprint density at radius 3 is 2.48 bits per heavy atom. The molecule has 0 N–H and O–H groups in total. The third-order valence-electron chi connectivity index (χ3n) is 5.83. The molecule has 33 heavy (non-hydrogen) atoms. The molecular formula is C23H22N4O6. The van der Waals surface area contributed by atoms with E-state index in [0.717, 1.165) is 5.56 Å². The van der Waals surface area contributed by atoms with Crippen molar-refractivity contribution in [2.75, 3.05) is 33.0 Å². The van der Waals surface area contributed by atoms with Gasteiger partial charge in [-0.05, 0) is 43.3 Å². The van der Waals surface area contributed by atoms with Gasteiger partial charge in [0.25, 0.3) is 11.5 Å². The van der Waals surface area contributed by atoms with Crippen molar-refractivity contribution in [2.24, 2.45) is 0 Å². The van der Waals surface area contributed by atoms with E-state index >= 15 is 0 Å². The highest BCUT2D eigenvalue weighted by molar-refractivity contribution is 5.91. The Morgan fingerprint density at radius 1 is 0.970 bits per heavy atom. The molecule has 0 saturated carbocycles. The summed E-state index contributed by atoms with van der Waals surface area (Å²) in [4.78, 5) is 41.4. The number of hydrogen-bond donors (Lipinski definition) is 0. The number of furan rings is 1. The normalized spacial score (nSPS) is 16.0. The molecule has 1 unspecified atom stereocenters. The Balaban J connectivity index is 1.30. The number of ether oxygens (including phenoxy) is 2. The van der Waals surface area contributed by atoms with E-state index in [0.29, 0.717) is 43.4 Å². The average molecular weight is 450 g/mol. The second-order valence-electron chi connectivity index (χ2n) is 7.84. The molecule has 0 radical (unpaired) electrons. The van der Waals surface area contributed by atoms with Gasteiger partial charge >= 0.3 is 0 Å². The van der Waals surface area contributed by atoms with Crippen molar-refractivity contribution in [3.05, 3.63) is 64.8 Å². The van der Waals surface area contributed by atoms with Gasteiger partial charge in [-0.2, -0.15) is 5.10 Å². The fourth-order valence-corrected chi connectivity index (χ4v) is 3.97. The predicted octanol–water partition coefficient (Wildman–Crippen LogP) is 1.78. The molecule has 2 aliphatic rings. The Kier molecular flexibility index (Phi) is 5.33. The molecule has 10 heteroatoms. The van der Waals surface area contributed by atoms with Gasteiger partial charge in [-0.15, -0.1) is 0 Å². The molecule has 10 nitrogen and oxygen atoms in total. The molecule has 0 aliphatic carbocycles. The summed E-state index contributed by atoms with van der Waals surface area (Å²) < 4.78 is 17.1. The lowest BCUT2D eigenvalue weighted by Crippen LogP contribution is -2.52. The summed E-state index contributed by atoms with van der Waals surface area (Å²) in [6, 6.07) is 10.9. The van der Waals surface area contributed by atoms with Gasteiger partial charge in [0.05, 0.1) is 12.0 Å². The first-order valence-corrected chi connectivity index (χ1v) is 10.6. The summed E-state index contributed by atoms with van der Waals surface area (Å²) in [6.45, 7) is 3.33. The van der Waals surface area contributed by atoms with E-state index in [2.05, 4.69) is 5.10 Å². The molecule has 3 aromatic rings. The van der Waals surface area contributed by atoms with Crippen LogP contribution < -0.4 is 15.0 Å². The zero-order valence-electron chi connectivity index (χ0n) is 18.0. The van der Waals surface area contributed by atoms with Crippen molar-refractivity contribution in [1.82, 2.24) is 19.6 Å². The summed E-state index contributed by atoms with van der Waals surface area (Å²) in [5.74, 6) is 1.12. The van der Waals surface area contributed by atoms with E-state index in [1.165, 1.54) is 17.0 Å². The molecule has 1 atom stereocenters. The van der Waals surface area contributed by atoms with Crippen molar-refractivity contribution in [3.63, 3.8) is 0 Å². The number of amides is 2. The number of carbonyl (C=O) groups is 2. The number of benzene rings is 1. The molecule has 5 rings (SSSR count). The molecule has 170 valence electrons. The van der Waals surface area contributed by atoms with Gasteiger partial charge in [0.2, 0.25) is 12.7 Å². The SMILES string of the molecule is CC(C(=O)N1CCN(C(=O)c2ccco2)CC1)n1nc(-c2ccc3c(c2)OCO3)ccc1=O. The van der Waals surface area contributed by atoms with Gasteiger partial charge in [-0.1, -0.05) is 0 Å². The Morgan fingerprint density at radius 2 is 1.73 bits per heavy atom. The second kappa shape index (κ2) is 8.45. The van der Waals surface area contributed by atoms with Crippen molar-refractivity contribution in [2.45, 2.75) is 13.0 Å². The minimum absolute atomic E-state index is 0.164. The van der Waals surface area contributed by atoms with Crippen LogP contribution in [0.2, 0.25) is 0 Å². The van der Waals surface area contributed by atoms with Crippen LogP contribution in [0.25, 0.3) is 11.3 Å². The summed E-state index contributed by atoms with van der Waals surface area (Å²) in [7, 11) is 0. The fraction of sp³-hybridized carbons (Fsp3) is 0.304. The van der Waals surface area contributed by atoms with Crippen LogP contribution in [-0.4, -0.2) is 64.4 Å². The first-order chi connectivity index (χ1) is 16.0. The van der Waals surface area contributed by atoms with E-state index in [9.17, 15) is 14.4 Å². The monoisotopic (exact) mass is 450 g/mol. The lowest BCUT2D eigenvalue weighted by Gasteiger charge is -2.35. The smallest absolute Gasteiger partial charge is 0.289 e. The van der Waals surface area contributed by atoms with Crippen LogP contribution in [0, 0.1) is 0 Å². The number of hydrogen-bond acceptors (Lipinski definition) is 7. The van der Waals surface area contributed by atoms with Crippen LogP contribution in [0.1, 0.15) is 23.5 Å². The van der Waals surface area contributed by atoms with Gasteiger partial charge in [0, 0.05) is 37.8 Å². The highest BCUT2D eigenvalue weighted by atomic mass is 16.7. The number of rotatable bonds is 4. The summed E-state index contributed by atoms with van der Waals surface area (Å²) in [5, 5.41) is 4.44. The molecule has 1 saturated heterocycles. The largest absolute Gasteiger partial charge is 0.459 e. The third-order valence-corrected chi connectivity index (χ3v) is 5.83. The van der Waals surface area contributed by atoms with Gasteiger partial charge in [-0.25, -0.2) is 4.68 Å². The predicted molar refractivity (Wildman–Crippen MR) is 116 cm³/mol. The topological polar surface area (TPSA) is 107 Å². The third kappa shape index (κ3) is 3.95. The van der Waals surface area contributed by atoms with Crippen molar-refractivity contribution in [1.29, 1.82) is 0 Å². The Bertz CT molecular complexity index is 1240. The minimum Gasteiger partial charge on any atom is -0.459 e. The van der Waals surface area contributed by atoms with Crippen molar-refractivity contribution < 1.29 is 23.5 Å². The van der Waals surface area contributed by atoms with E-state index in [-0.39, 0.29) is 29.9 Å². The van der Waals surface area contributed by atoms with E-state index < -0.39 is 6.04 Å². The maximum absolute atomic E-state index is 13.1. The standard InChI is InChI=1S/C23H22N4O6/c1-15(22(29)25-8-10-26(11-9-25)23(30)19-3-2-12-31-19)27-21(28)7-5-17(24-27)16-4-6-18-20(13-16)33-14-32-18/h2-7,12-13,15H,8-11,14H2,1H3. The zero-order valence-corrected chi connectivity index (χ0v) is 18.0. The second-order valence-corrected chi connectivity index (χ2v) is 7.84. The maximum atomic E-state index is 13.1. The molecule has 1 aromatic carbocycles. The summed E-state index contributed by atoms with van der Waals surface area (Å²) >= 11 is 0. The van der Waals surface area contributed by atoms with Crippen molar-refractivity contribution >= 4 is 11.8 Å². The number of carbonyl (C=O) groups excluding carboxylic acids is 2. The van der Waals surface area contributed by atoms with Crippen LogP contribution in [0.3, 0.4) is 0 Å². The molecule has 1 fully saturated rings. The zero-order chi connectivity index (χ0) is 22.9. The highest BCUT2D eigenvalue weighted by Gasteiger charge is 2.29. The average Bonchev–Trinajstić information content (AvgIpc) is 3.55. The molecule has 4 heterocycles.